The zero-order valence-corrected chi connectivity index (χ0v) is 16.6. The molecule has 21 heavy (non-hydrogen) atoms. The number of thiol groups is 2. The molecule has 0 bridgehead atoms. The average molecular weight is 374 g/mol. The van der Waals surface area contributed by atoms with Gasteiger partial charge < -0.3 is 12.7 Å². The van der Waals surface area contributed by atoms with Crippen molar-refractivity contribution >= 4 is 36.8 Å². The Bertz CT molecular complexity index is 298. The second-order valence-corrected chi connectivity index (χ2v) is 5.91. The van der Waals surface area contributed by atoms with Crippen LogP contribution < -0.4 is 11.1 Å². The Hall–Kier alpha value is 0.544. The Morgan fingerprint density at radius 3 is 2.10 bits per heavy atom. The summed E-state index contributed by atoms with van der Waals surface area (Å²) >= 11 is 8.35. The Kier molecular flexibility index (Phi) is 19.4. The van der Waals surface area contributed by atoms with Crippen LogP contribution in [0.3, 0.4) is 0 Å². The standard InChI is InChI=1S/C11H22N2O2S2.C3H7.V.H2/c1-6(2)11(17)10(12)9(15)4-13-8(5-16)7(3)14;1-3-2;;/h6,8,10-11,13,16-17H,4-5,12H2,1-3H3;1,3H2,2H3;;1H/q;-1;;/t8?,10-,11-;;;/m1.../s1. The molecule has 0 aliphatic carbocycles. The fraction of sp³-hybridized carbons (Fsp3) is 0.786. The van der Waals surface area contributed by atoms with E-state index in [2.05, 4.69) is 37.5 Å². The minimum atomic E-state index is -0.613. The predicted octanol–water partition coefficient (Wildman–Crippen LogP) is 1.79. The maximum absolute atomic E-state index is 11.8. The van der Waals surface area contributed by atoms with Crippen molar-refractivity contribution < 1.29 is 29.6 Å². The molecule has 0 rings (SSSR count). The van der Waals surface area contributed by atoms with Gasteiger partial charge in [-0.05, 0) is 12.8 Å². The first-order valence-electron chi connectivity index (χ1n) is 6.83. The molecule has 3 N–H and O–H groups in total. The molecule has 3 atom stereocenters. The summed E-state index contributed by atoms with van der Waals surface area (Å²) in [6.07, 6.45) is 1.00. The Balaban J connectivity index is -0.000000297. The van der Waals surface area contributed by atoms with Gasteiger partial charge in [-0.1, -0.05) is 20.8 Å². The van der Waals surface area contributed by atoms with Crippen molar-refractivity contribution in [2.24, 2.45) is 11.7 Å². The molecule has 1 unspecified atom stereocenters. The molecule has 127 valence electrons. The van der Waals surface area contributed by atoms with Crippen LogP contribution in [-0.4, -0.2) is 41.2 Å². The van der Waals surface area contributed by atoms with E-state index in [1.165, 1.54) is 6.92 Å². The number of ketones is 2. The van der Waals surface area contributed by atoms with Gasteiger partial charge in [-0.3, -0.25) is 14.9 Å². The van der Waals surface area contributed by atoms with Gasteiger partial charge in [-0.2, -0.15) is 31.7 Å². The number of hydrogen-bond donors (Lipinski definition) is 4. The summed E-state index contributed by atoms with van der Waals surface area (Å²) in [7, 11) is 0. The fourth-order valence-corrected chi connectivity index (χ4v) is 1.84. The zero-order valence-electron chi connectivity index (χ0n) is 13.4. The number of nitrogens with two attached hydrogens (primary N) is 1. The van der Waals surface area contributed by atoms with Crippen molar-refractivity contribution in [3.63, 3.8) is 0 Å². The van der Waals surface area contributed by atoms with Crippen LogP contribution >= 0.6 is 25.3 Å². The third-order valence-corrected chi connectivity index (χ3v) is 3.90. The average Bonchev–Trinajstić information content (AvgIpc) is 2.37. The summed E-state index contributed by atoms with van der Waals surface area (Å²) in [6.45, 7) is 11.0. The van der Waals surface area contributed by atoms with Gasteiger partial charge in [0.25, 0.3) is 0 Å². The normalized spacial score (nSPS) is 14.3. The van der Waals surface area contributed by atoms with E-state index in [4.69, 9.17) is 5.73 Å². The zero-order chi connectivity index (χ0) is 16.3. The maximum Gasteiger partial charge on any atom is 0.164 e. The summed E-state index contributed by atoms with van der Waals surface area (Å²) in [4.78, 5) is 22.9. The Morgan fingerprint density at radius 2 is 1.81 bits per heavy atom. The topological polar surface area (TPSA) is 72.2 Å². The van der Waals surface area contributed by atoms with Gasteiger partial charge in [0.1, 0.15) is 5.78 Å². The van der Waals surface area contributed by atoms with Gasteiger partial charge in [0.15, 0.2) is 5.78 Å². The van der Waals surface area contributed by atoms with E-state index in [9.17, 15) is 9.59 Å². The van der Waals surface area contributed by atoms with E-state index in [-0.39, 0.29) is 49.3 Å². The van der Waals surface area contributed by atoms with Crippen LogP contribution in [0.25, 0.3) is 0 Å². The second kappa shape index (κ2) is 15.4. The van der Waals surface area contributed by atoms with E-state index >= 15 is 0 Å². The van der Waals surface area contributed by atoms with Gasteiger partial charge in [0, 0.05) is 31.0 Å². The van der Waals surface area contributed by atoms with Crippen LogP contribution in [0, 0.1) is 12.8 Å². The molecule has 1 radical (unpaired) electrons. The van der Waals surface area contributed by atoms with Crippen LogP contribution in [0.2, 0.25) is 0 Å². The molecule has 0 heterocycles. The molecule has 0 saturated heterocycles. The number of Topliss-reactive ketones (excluding diaryl/α,β-unsaturated/α-hetero) is 2. The van der Waals surface area contributed by atoms with Crippen LogP contribution in [-0.2, 0) is 28.1 Å². The summed E-state index contributed by atoms with van der Waals surface area (Å²) in [5.74, 6) is 0.428. The van der Waals surface area contributed by atoms with Crippen molar-refractivity contribution in [1.82, 2.24) is 5.32 Å². The van der Waals surface area contributed by atoms with E-state index in [1.807, 2.05) is 20.8 Å². The van der Waals surface area contributed by atoms with Gasteiger partial charge in [-0.25, -0.2) is 0 Å². The molecule has 0 fully saturated rings. The first kappa shape index (κ1) is 26.4. The summed E-state index contributed by atoms with van der Waals surface area (Å²) in [5, 5.41) is 2.68. The van der Waals surface area contributed by atoms with Crippen LogP contribution in [0.15, 0.2) is 0 Å². The molecule has 0 aliphatic rings. The monoisotopic (exact) mass is 374 g/mol. The molecule has 0 amide bonds. The molecule has 0 spiro atoms. The maximum atomic E-state index is 11.8. The summed E-state index contributed by atoms with van der Waals surface area (Å²) < 4.78 is 0. The molecule has 0 saturated carbocycles. The minimum absolute atomic E-state index is 0. The predicted molar refractivity (Wildman–Crippen MR) is 94.7 cm³/mol. The van der Waals surface area contributed by atoms with Crippen LogP contribution in [0.5, 0.6) is 0 Å². The van der Waals surface area contributed by atoms with E-state index in [0.29, 0.717) is 5.75 Å². The first-order chi connectivity index (χ1) is 9.22. The van der Waals surface area contributed by atoms with Crippen molar-refractivity contribution in [2.45, 2.75) is 51.4 Å². The smallest absolute Gasteiger partial charge is 0.164 e. The largest absolute Gasteiger partial charge is 0.344 e. The minimum Gasteiger partial charge on any atom is -0.344 e. The molecular weight excluding hydrogens is 343 g/mol. The quantitative estimate of drug-likeness (QED) is 0.386. The van der Waals surface area contributed by atoms with E-state index in [0.717, 1.165) is 6.42 Å². The molecule has 7 heteroatoms. The third-order valence-electron chi connectivity index (χ3n) is 2.62. The summed E-state index contributed by atoms with van der Waals surface area (Å²) in [5.41, 5.74) is 5.80. The fourth-order valence-electron chi connectivity index (χ4n) is 1.28. The van der Waals surface area contributed by atoms with E-state index in [1.54, 1.807) is 0 Å². The van der Waals surface area contributed by atoms with Crippen molar-refractivity contribution in [1.29, 1.82) is 0 Å². The number of carbonyl (C=O) groups excluding carboxylic acids is 2. The van der Waals surface area contributed by atoms with Crippen molar-refractivity contribution in [3.8, 4) is 0 Å². The van der Waals surface area contributed by atoms with Crippen LogP contribution in [0.1, 0.15) is 35.5 Å². The van der Waals surface area contributed by atoms with Crippen LogP contribution in [0.4, 0.5) is 0 Å². The number of nitrogens with one attached hydrogen (secondary N) is 1. The van der Waals surface area contributed by atoms with Gasteiger partial charge in [0.05, 0.1) is 18.6 Å². The van der Waals surface area contributed by atoms with Gasteiger partial charge in [-0.15, -0.1) is 0 Å². The Morgan fingerprint density at radius 1 is 1.38 bits per heavy atom. The molecule has 0 aromatic carbocycles. The Labute approximate surface area is 154 Å². The second-order valence-electron chi connectivity index (χ2n) is 4.95. The molecule has 4 nitrogen and oxygen atoms in total. The SMILES string of the molecule is CC(=O)C(CS)NCC(=O)[C@@H](N)[C@H](S)C(C)C.[CH2-]CC.[HH].[V]. The number of rotatable bonds is 8. The molecule has 0 aliphatic heterocycles. The molecular formula is C14H31N2O2S2V-. The van der Waals surface area contributed by atoms with Crippen molar-refractivity contribution in [2.75, 3.05) is 12.3 Å². The van der Waals surface area contributed by atoms with Gasteiger partial charge >= 0.3 is 0 Å². The van der Waals surface area contributed by atoms with E-state index < -0.39 is 12.1 Å². The number of carbonyl (C=O) groups is 2. The first-order valence-corrected chi connectivity index (χ1v) is 7.97. The molecule has 0 aromatic heterocycles. The third kappa shape index (κ3) is 12.7. The van der Waals surface area contributed by atoms with Gasteiger partial charge in [0.2, 0.25) is 0 Å². The molecule has 0 aromatic rings. The summed E-state index contributed by atoms with van der Waals surface area (Å²) in [6, 6.07) is -1.01. The van der Waals surface area contributed by atoms with Crippen molar-refractivity contribution in [3.05, 3.63) is 6.92 Å². The number of hydrogen-bond acceptors (Lipinski definition) is 6.